The number of hydrogen-bond donors (Lipinski definition) is 0. The Morgan fingerprint density at radius 2 is 1.79 bits per heavy atom. The van der Waals surface area contributed by atoms with E-state index in [2.05, 4.69) is 10.2 Å². The SMILES string of the molecule is COc1cccc(C2SC(CC(=O)OC(C)C)c3nnc(C(F)(F)F)n3-c3c(OC)cc(Cl)cc32)c1OC. The van der Waals surface area contributed by atoms with Gasteiger partial charge in [0.2, 0.25) is 5.82 Å². The number of aromatic nitrogens is 3. The average molecular weight is 572 g/mol. The molecule has 1 aliphatic heterocycles. The molecule has 0 spiro atoms. The van der Waals surface area contributed by atoms with Crippen LogP contribution in [0.3, 0.4) is 0 Å². The summed E-state index contributed by atoms with van der Waals surface area (Å²) in [5.74, 6) is -1.03. The first-order valence-corrected chi connectivity index (χ1v) is 12.8. The Hall–Kier alpha value is -3.12. The number of ether oxygens (including phenoxy) is 4. The van der Waals surface area contributed by atoms with E-state index in [4.69, 9.17) is 30.5 Å². The Morgan fingerprint density at radius 1 is 1.08 bits per heavy atom. The minimum Gasteiger partial charge on any atom is -0.494 e. The quantitative estimate of drug-likeness (QED) is 0.311. The van der Waals surface area contributed by atoms with Gasteiger partial charge in [-0.25, -0.2) is 0 Å². The fourth-order valence-electron chi connectivity index (χ4n) is 4.36. The number of esters is 1. The lowest BCUT2D eigenvalue weighted by Crippen LogP contribution is -2.18. The van der Waals surface area contributed by atoms with E-state index in [9.17, 15) is 18.0 Å². The molecule has 204 valence electrons. The standard InChI is InChI=1S/C25H25ClF3N3O5S/c1-12(2)37-19(33)11-18-23-30-31-24(25(27,28)29)32(23)20-15(9-13(26)10-17(20)35-4)22(38-18)14-7-6-8-16(34-3)21(14)36-5/h6-10,12,18,22H,11H2,1-5H3. The van der Waals surface area contributed by atoms with Gasteiger partial charge in [-0.15, -0.1) is 22.0 Å². The van der Waals surface area contributed by atoms with Crippen molar-refractivity contribution in [2.75, 3.05) is 21.3 Å². The second kappa shape index (κ2) is 10.9. The van der Waals surface area contributed by atoms with E-state index in [1.165, 1.54) is 39.2 Å². The molecule has 2 atom stereocenters. The van der Waals surface area contributed by atoms with Gasteiger partial charge in [-0.3, -0.25) is 9.36 Å². The summed E-state index contributed by atoms with van der Waals surface area (Å²) in [6.45, 7) is 3.38. The zero-order valence-electron chi connectivity index (χ0n) is 21.1. The van der Waals surface area contributed by atoms with Crippen LogP contribution in [0.25, 0.3) is 5.69 Å². The molecule has 1 aromatic heterocycles. The molecule has 2 heterocycles. The summed E-state index contributed by atoms with van der Waals surface area (Å²) >= 11 is 7.63. The number of halogens is 4. The molecule has 0 radical (unpaired) electrons. The molecule has 2 aromatic carbocycles. The van der Waals surface area contributed by atoms with Gasteiger partial charge in [0, 0.05) is 16.7 Å². The maximum atomic E-state index is 14.2. The maximum absolute atomic E-state index is 14.2. The van der Waals surface area contributed by atoms with Gasteiger partial charge in [0.25, 0.3) is 0 Å². The first kappa shape index (κ1) is 27.9. The van der Waals surface area contributed by atoms with Crippen LogP contribution >= 0.6 is 23.4 Å². The van der Waals surface area contributed by atoms with E-state index in [0.29, 0.717) is 22.6 Å². The Kier molecular flexibility index (Phi) is 8.03. The third-order valence-corrected chi connectivity index (χ3v) is 7.46. The minimum atomic E-state index is -4.85. The molecule has 0 bridgehead atoms. The molecule has 0 aliphatic carbocycles. The summed E-state index contributed by atoms with van der Waals surface area (Å²) in [7, 11) is 4.29. The number of hydrogen-bond acceptors (Lipinski definition) is 8. The zero-order chi connectivity index (χ0) is 27.8. The van der Waals surface area contributed by atoms with Crippen LogP contribution < -0.4 is 14.2 Å². The van der Waals surface area contributed by atoms with Crippen molar-refractivity contribution in [2.45, 2.75) is 43.0 Å². The van der Waals surface area contributed by atoms with Crippen LogP contribution in [-0.4, -0.2) is 48.2 Å². The summed E-state index contributed by atoms with van der Waals surface area (Å²) in [5.41, 5.74) is 1.04. The summed E-state index contributed by atoms with van der Waals surface area (Å²) < 4.78 is 65.5. The van der Waals surface area contributed by atoms with Gasteiger partial charge in [0.1, 0.15) is 5.75 Å². The predicted molar refractivity (Wildman–Crippen MR) is 135 cm³/mol. The molecule has 38 heavy (non-hydrogen) atoms. The van der Waals surface area contributed by atoms with Crippen LogP contribution in [0.5, 0.6) is 17.2 Å². The summed E-state index contributed by atoms with van der Waals surface area (Å²) in [4.78, 5) is 12.8. The molecule has 13 heteroatoms. The highest BCUT2D eigenvalue weighted by Crippen LogP contribution is 2.56. The van der Waals surface area contributed by atoms with Gasteiger partial charge >= 0.3 is 12.1 Å². The van der Waals surface area contributed by atoms with Crippen molar-refractivity contribution < 1.29 is 36.9 Å². The highest BCUT2D eigenvalue weighted by molar-refractivity contribution is 8.00. The van der Waals surface area contributed by atoms with Gasteiger partial charge in [-0.2, -0.15) is 13.2 Å². The number of carbonyl (C=O) groups is 1. The molecule has 0 fully saturated rings. The summed E-state index contributed by atoms with van der Waals surface area (Å²) in [6, 6.07) is 8.21. The molecule has 0 amide bonds. The summed E-state index contributed by atoms with van der Waals surface area (Å²) in [6.07, 6.45) is -5.52. The summed E-state index contributed by atoms with van der Waals surface area (Å²) in [5, 5.41) is 6.07. The van der Waals surface area contributed by atoms with E-state index in [1.54, 1.807) is 38.1 Å². The second-order valence-electron chi connectivity index (χ2n) is 8.59. The third kappa shape index (κ3) is 5.24. The molecule has 8 nitrogen and oxygen atoms in total. The second-order valence-corrected chi connectivity index (χ2v) is 10.3. The van der Waals surface area contributed by atoms with Crippen LogP contribution in [0.1, 0.15) is 53.5 Å². The number of thioether (sulfide) groups is 1. The van der Waals surface area contributed by atoms with E-state index in [0.717, 1.165) is 4.57 Å². The third-order valence-electron chi connectivity index (χ3n) is 5.76. The van der Waals surface area contributed by atoms with Crippen molar-refractivity contribution in [1.82, 2.24) is 14.8 Å². The van der Waals surface area contributed by atoms with Crippen molar-refractivity contribution in [3.8, 4) is 22.9 Å². The number of para-hydroxylation sites is 1. The largest absolute Gasteiger partial charge is 0.494 e. The molecular formula is C25H25ClF3N3O5S. The van der Waals surface area contributed by atoms with Gasteiger partial charge in [-0.05, 0) is 31.5 Å². The number of rotatable bonds is 7. The van der Waals surface area contributed by atoms with Crippen molar-refractivity contribution in [1.29, 1.82) is 0 Å². The van der Waals surface area contributed by atoms with Gasteiger partial charge in [-0.1, -0.05) is 23.7 Å². The topological polar surface area (TPSA) is 84.7 Å². The van der Waals surface area contributed by atoms with Gasteiger partial charge in [0.15, 0.2) is 17.3 Å². The number of benzene rings is 2. The van der Waals surface area contributed by atoms with Crippen molar-refractivity contribution in [3.05, 3.63) is 58.1 Å². The first-order valence-electron chi connectivity index (χ1n) is 11.5. The lowest BCUT2D eigenvalue weighted by atomic mass is 10.00. The monoisotopic (exact) mass is 571 g/mol. The first-order chi connectivity index (χ1) is 18.0. The number of fused-ring (bicyclic) bond motifs is 3. The molecule has 2 unspecified atom stereocenters. The van der Waals surface area contributed by atoms with E-state index < -0.39 is 34.6 Å². The fraction of sp³-hybridized carbons (Fsp3) is 0.400. The van der Waals surface area contributed by atoms with Crippen molar-refractivity contribution >= 4 is 29.3 Å². The van der Waals surface area contributed by atoms with Crippen molar-refractivity contribution in [2.24, 2.45) is 0 Å². The molecule has 4 rings (SSSR count). The highest BCUT2D eigenvalue weighted by Gasteiger charge is 2.45. The number of methoxy groups -OCH3 is 3. The smallest absolute Gasteiger partial charge is 0.452 e. The highest BCUT2D eigenvalue weighted by atomic mass is 35.5. The Bertz CT molecular complexity index is 1350. The van der Waals surface area contributed by atoms with Crippen LogP contribution in [-0.2, 0) is 15.7 Å². The fourth-order valence-corrected chi connectivity index (χ4v) is 6.07. The van der Waals surface area contributed by atoms with Gasteiger partial charge < -0.3 is 18.9 Å². The van der Waals surface area contributed by atoms with Crippen molar-refractivity contribution in [3.63, 3.8) is 0 Å². The molecule has 3 aromatic rings. The Balaban J connectivity index is 2.05. The molecule has 0 saturated heterocycles. The Labute approximate surface area is 226 Å². The normalized spacial score (nSPS) is 16.9. The molecule has 0 N–H and O–H groups in total. The number of alkyl halides is 3. The van der Waals surface area contributed by atoms with E-state index >= 15 is 0 Å². The minimum absolute atomic E-state index is 0.0614. The maximum Gasteiger partial charge on any atom is 0.452 e. The van der Waals surface area contributed by atoms with Crippen LogP contribution in [0, 0.1) is 0 Å². The van der Waals surface area contributed by atoms with E-state index in [-0.39, 0.29) is 28.7 Å². The Morgan fingerprint density at radius 3 is 2.39 bits per heavy atom. The van der Waals surface area contributed by atoms with Gasteiger partial charge in [0.05, 0.1) is 50.0 Å². The number of nitrogens with zero attached hydrogens (tertiary/aromatic N) is 3. The number of carbonyl (C=O) groups excluding carboxylic acids is 1. The van der Waals surface area contributed by atoms with Crippen LogP contribution in [0.4, 0.5) is 13.2 Å². The predicted octanol–water partition coefficient (Wildman–Crippen LogP) is 6.18. The zero-order valence-corrected chi connectivity index (χ0v) is 22.7. The lowest BCUT2D eigenvalue weighted by molar-refractivity contribution is -0.147. The van der Waals surface area contributed by atoms with Crippen LogP contribution in [0.2, 0.25) is 5.02 Å². The molecule has 1 aliphatic rings. The lowest BCUT2D eigenvalue weighted by Gasteiger charge is -2.24. The van der Waals surface area contributed by atoms with E-state index in [1.807, 2.05) is 0 Å². The van der Waals surface area contributed by atoms with Crippen LogP contribution in [0.15, 0.2) is 30.3 Å². The molecule has 0 saturated carbocycles. The molecular weight excluding hydrogens is 547 g/mol. The average Bonchev–Trinajstić information content (AvgIpc) is 3.25.